The lowest BCUT2D eigenvalue weighted by molar-refractivity contribution is 0.0709. The second kappa shape index (κ2) is 9.42. The molecule has 0 radical (unpaired) electrons. The van der Waals surface area contributed by atoms with Crippen LogP contribution in [0.25, 0.3) is 11.3 Å². The number of carbonyl (C=O) groups is 2. The Morgan fingerprint density at radius 1 is 1.06 bits per heavy atom. The van der Waals surface area contributed by atoms with Crippen molar-refractivity contribution in [2.45, 2.75) is 37.8 Å². The molecule has 3 aromatic rings. The average molecular weight is 423 g/mol. The molecule has 1 aliphatic rings. The summed E-state index contributed by atoms with van der Waals surface area (Å²) < 4.78 is 23.7. The molecule has 1 fully saturated rings. The van der Waals surface area contributed by atoms with E-state index in [0.29, 0.717) is 24.3 Å². The number of hydrogen-bond acceptors (Lipinski definition) is 5. The van der Waals surface area contributed by atoms with Gasteiger partial charge in [-0.05, 0) is 43.5 Å². The van der Waals surface area contributed by atoms with Gasteiger partial charge in [0.25, 0.3) is 5.91 Å². The van der Waals surface area contributed by atoms with Crippen LogP contribution >= 0.6 is 0 Å². The quantitative estimate of drug-likeness (QED) is 0.617. The summed E-state index contributed by atoms with van der Waals surface area (Å²) in [5.74, 6) is -0.187. The van der Waals surface area contributed by atoms with E-state index in [2.05, 4.69) is 15.8 Å². The lowest BCUT2D eigenvalue weighted by Gasteiger charge is -2.29. The summed E-state index contributed by atoms with van der Waals surface area (Å²) in [6.07, 6.45) is 1.89. The van der Waals surface area contributed by atoms with Crippen LogP contribution in [-0.4, -0.2) is 29.3 Å². The van der Waals surface area contributed by atoms with E-state index in [0.717, 1.165) is 18.4 Å². The van der Waals surface area contributed by atoms with Gasteiger partial charge in [-0.2, -0.15) is 0 Å². The van der Waals surface area contributed by atoms with E-state index >= 15 is 0 Å². The van der Waals surface area contributed by atoms with Crippen LogP contribution in [0, 0.1) is 5.82 Å². The van der Waals surface area contributed by atoms with E-state index in [-0.39, 0.29) is 29.6 Å². The van der Waals surface area contributed by atoms with Gasteiger partial charge in [0, 0.05) is 29.8 Å². The molecular weight excluding hydrogens is 401 g/mol. The number of nitrogens with one attached hydrogen (secondary N) is 2. The van der Waals surface area contributed by atoms with Gasteiger partial charge in [0.2, 0.25) is 0 Å². The lowest BCUT2D eigenvalue weighted by Crippen LogP contribution is -2.41. The minimum absolute atomic E-state index is 0.137. The number of anilines is 1. The third-order valence-electron chi connectivity index (χ3n) is 5.13. The molecule has 0 saturated heterocycles. The molecule has 2 N–H and O–H groups in total. The maximum Gasteiger partial charge on any atom is 0.411 e. The number of ether oxygens (including phenoxy) is 1. The smallest absolute Gasteiger partial charge is 0.411 e. The molecule has 2 amide bonds. The highest BCUT2D eigenvalue weighted by molar-refractivity contribution is 5.93. The Balaban J connectivity index is 1.29. The molecule has 0 aliphatic heterocycles. The molecule has 1 aromatic heterocycles. The van der Waals surface area contributed by atoms with Crippen LogP contribution in [0.4, 0.5) is 14.9 Å². The van der Waals surface area contributed by atoms with Crippen LogP contribution in [0.2, 0.25) is 0 Å². The van der Waals surface area contributed by atoms with Gasteiger partial charge >= 0.3 is 6.09 Å². The predicted octanol–water partition coefficient (Wildman–Crippen LogP) is 4.77. The molecule has 1 heterocycles. The molecule has 1 saturated carbocycles. The molecular formula is C23H22FN3O4. The molecule has 160 valence electrons. The zero-order valence-corrected chi connectivity index (χ0v) is 16.7. The van der Waals surface area contributed by atoms with Gasteiger partial charge in [-0.15, -0.1) is 0 Å². The number of aromatic nitrogens is 1. The third kappa shape index (κ3) is 5.48. The molecule has 0 bridgehead atoms. The normalized spacial score (nSPS) is 18.2. The highest BCUT2D eigenvalue weighted by atomic mass is 19.1. The summed E-state index contributed by atoms with van der Waals surface area (Å²) in [6.45, 7) is 0. The number of rotatable bonds is 5. The third-order valence-corrected chi connectivity index (χ3v) is 5.13. The highest BCUT2D eigenvalue weighted by Gasteiger charge is 2.27. The number of amides is 2. The Bertz CT molecular complexity index is 1040. The van der Waals surface area contributed by atoms with E-state index < -0.39 is 6.09 Å². The van der Waals surface area contributed by atoms with Crippen molar-refractivity contribution in [3.63, 3.8) is 0 Å². The number of halogens is 1. The average Bonchev–Trinajstić information content (AvgIpc) is 3.27. The topological polar surface area (TPSA) is 93.5 Å². The molecule has 0 spiro atoms. The lowest BCUT2D eigenvalue weighted by atomic mass is 9.92. The number of benzene rings is 2. The van der Waals surface area contributed by atoms with E-state index in [1.807, 2.05) is 30.3 Å². The van der Waals surface area contributed by atoms with Crippen LogP contribution in [-0.2, 0) is 4.74 Å². The van der Waals surface area contributed by atoms with Crippen LogP contribution in [0.3, 0.4) is 0 Å². The zero-order valence-electron chi connectivity index (χ0n) is 16.7. The fourth-order valence-electron chi connectivity index (χ4n) is 3.60. The zero-order chi connectivity index (χ0) is 21.6. The Labute approximate surface area is 178 Å². The molecule has 8 heteroatoms. The van der Waals surface area contributed by atoms with E-state index in [9.17, 15) is 14.0 Å². The minimum atomic E-state index is -0.604. The van der Waals surface area contributed by atoms with Gasteiger partial charge < -0.3 is 14.6 Å². The monoisotopic (exact) mass is 423 g/mol. The van der Waals surface area contributed by atoms with Crippen LogP contribution in [0.15, 0.2) is 65.2 Å². The fourth-order valence-corrected chi connectivity index (χ4v) is 3.60. The Morgan fingerprint density at radius 3 is 2.61 bits per heavy atom. The van der Waals surface area contributed by atoms with Gasteiger partial charge in [0.15, 0.2) is 11.5 Å². The second-order valence-electron chi connectivity index (χ2n) is 7.44. The first-order valence-electron chi connectivity index (χ1n) is 10.1. The number of nitrogens with zero attached hydrogens (tertiary/aromatic N) is 1. The standard InChI is InChI=1S/C23H22FN3O4/c24-16-9-11-17(12-10-16)26-23(29)30-19-8-4-7-18(13-19)25-22(28)20-14-21(31-27-20)15-5-2-1-3-6-15/h1-3,5-6,9-12,14,18-19H,4,7-8,13H2,(H,25,28)(H,26,29)/t18-,19+/m0/s1. The second-order valence-corrected chi connectivity index (χ2v) is 7.44. The summed E-state index contributed by atoms with van der Waals surface area (Å²) in [5.41, 5.74) is 1.50. The van der Waals surface area contributed by atoms with E-state index in [4.69, 9.17) is 9.26 Å². The summed E-state index contributed by atoms with van der Waals surface area (Å²) >= 11 is 0. The van der Waals surface area contributed by atoms with Gasteiger partial charge in [-0.3, -0.25) is 10.1 Å². The predicted molar refractivity (Wildman–Crippen MR) is 112 cm³/mol. The first-order chi connectivity index (χ1) is 15.1. The summed E-state index contributed by atoms with van der Waals surface area (Å²) in [4.78, 5) is 24.7. The van der Waals surface area contributed by atoms with Gasteiger partial charge in [-0.25, -0.2) is 9.18 Å². The van der Waals surface area contributed by atoms with Crippen molar-refractivity contribution >= 4 is 17.7 Å². The van der Waals surface area contributed by atoms with Crippen molar-refractivity contribution in [2.24, 2.45) is 0 Å². The van der Waals surface area contributed by atoms with Gasteiger partial charge in [0.05, 0.1) is 0 Å². The maximum absolute atomic E-state index is 13.0. The summed E-state index contributed by atoms with van der Waals surface area (Å²) in [7, 11) is 0. The number of hydrogen-bond donors (Lipinski definition) is 2. The van der Waals surface area contributed by atoms with E-state index in [1.165, 1.54) is 24.3 Å². The Kier molecular flexibility index (Phi) is 6.26. The van der Waals surface area contributed by atoms with Crippen LogP contribution < -0.4 is 10.6 Å². The van der Waals surface area contributed by atoms with Crippen molar-refractivity contribution in [1.82, 2.24) is 10.5 Å². The highest BCUT2D eigenvalue weighted by Crippen LogP contribution is 2.23. The van der Waals surface area contributed by atoms with Crippen molar-refractivity contribution in [1.29, 1.82) is 0 Å². The Hall–Kier alpha value is -3.68. The first-order valence-corrected chi connectivity index (χ1v) is 10.1. The molecule has 2 atom stereocenters. The first kappa shape index (κ1) is 20.6. The van der Waals surface area contributed by atoms with Gasteiger partial charge in [0.1, 0.15) is 11.9 Å². The summed E-state index contributed by atoms with van der Waals surface area (Å²) in [6, 6.07) is 16.3. The van der Waals surface area contributed by atoms with Crippen molar-refractivity contribution in [2.75, 3.05) is 5.32 Å². The summed E-state index contributed by atoms with van der Waals surface area (Å²) in [5, 5.41) is 9.39. The molecule has 2 aromatic carbocycles. The molecule has 1 aliphatic carbocycles. The number of carbonyl (C=O) groups excluding carboxylic acids is 2. The van der Waals surface area contributed by atoms with Gasteiger partial charge in [-0.1, -0.05) is 35.5 Å². The van der Waals surface area contributed by atoms with Crippen LogP contribution in [0.5, 0.6) is 0 Å². The van der Waals surface area contributed by atoms with Crippen molar-refractivity contribution < 1.29 is 23.2 Å². The maximum atomic E-state index is 13.0. The SMILES string of the molecule is O=C(Nc1ccc(F)cc1)O[C@@H]1CCC[C@H](NC(=O)c2cc(-c3ccccc3)on2)C1. The Morgan fingerprint density at radius 2 is 1.84 bits per heavy atom. The molecule has 0 unspecified atom stereocenters. The van der Waals surface area contributed by atoms with Crippen LogP contribution in [0.1, 0.15) is 36.2 Å². The minimum Gasteiger partial charge on any atom is -0.446 e. The van der Waals surface area contributed by atoms with Crippen molar-refractivity contribution in [3.8, 4) is 11.3 Å². The molecule has 7 nitrogen and oxygen atoms in total. The van der Waals surface area contributed by atoms with E-state index in [1.54, 1.807) is 6.07 Å². The molecule has 31 heavy (non-hydrogen) atoms. The molecule has 4 rings (SSSR count). The largest absolute Gasteiger partial charge is 0.446 e. The van der Waals surface area contributed by atoms with Crippen molar-refractivity contribution in [3.05, 3.63) is 72.2 Å². The fraction of sp³-hybridized carbons (Fsp3) is 0.261.